The van der Waals surface area contributed by atoms with E-state index in [1.54, 1.807) is 6.08 Å². The Kier molecular flexibility index (Phi) is 19.0. The number of aliphatic hydroxyl groups is 1. The van der Waals surface area contributed by atoms with Crippen molar-refractivity contribution in [1.29, 1.82) is 0 Å². The summed E-state index contributed by atoms with van der Waals surface area (Å²) in [6.45, 7) is 4.91. The maximum Gasteiger partial charge on any atom is 0.153 e. The van der Waals surface area contributed by atoms with E-state index in [1.165, 1.54) is 57.8 Å². The van der Waals surface area contributed by atoms with Crippen molar-refractivity contribution in [2.24, 2.45) is 0 Å². The number of hydrogen-bond donors (Lipinski definition) is 1. The topological polar surface area (TPSA) is 29.5 Å². The molecule has 0 bridgehead atoms. The Morgan fingerprint density at radius 1 is 0.720 bits per heavy atom. The summed E-state index contributed by atoms with van der Waals surface area (Å²) >= 11 is 0. The van der Waals surface area contributed by atoms with Crippen LogP contribution in [-0.4, -0.2) is 11.7 Å². The maximum absolute atomic E-state index is 8.99. The Morgan fingerprint density at radius 3 is 1.96 bits per heavy atom. The Morgan fingerprint density at radius 2 is 1.32 bits per heavy atom. The second kappa shape index (κ2) is 20.3. The first kappa shape index (κ1) is 23.3. The molecule has 0 aliphatic carbocycles. The molecule has 0 atom stereocenters. The first-order valence-corrected chi connectivity index (χ1v) is 9.98. The van der Waals surface area contributed by atoms with Crippen LogP contribution in [0.5, 0.6) is 0 Å². The molecule has 0 unspecified atom stereocenters. The molecule has 0 fully saturated rings. The standard InChI is InChI=1S/C23H38O2/c1-3-5-6-7-8-9-10-11-12-13-14-15-16-17-18-19-20-23(22-24)25-21-4-2/h13-20,22,24H,3-12,21H2,1-2H3/b14-13+,16-15+,18-17+,20-19+,23-22+. The highest BCUT2D eigenvalue weighted by Gasteiger charge is 1.90. The quantitative estimate of drug-likeness (QED) is 0.177. The number of allylic oxidation sites excluding steroid dienone is 8. The molecule has 0 saturated heterocycles. The van der Waals surface area contributed by atoms with Gasteiger partial charge in [-0.1, -0.05) is 101 Å². The monoisotopic (exact) mass is 346 g/mol. The first-order chi connectivity index (χ1) is 12.3. The van der Waals surface area contributed by atoms with Crippen molar-refractivity contribution < 1.29 is 9.84 Å². The molecule has 2 heteroatoms. The van der Waals surface area contributed by atoms with Crippen LogP contribution in [0.3, 0.4) is 0 Å². The van der Waals surface area contributed by atoms with Crippen molar-refractivity contribution in [1.82, 2.24) is 0 Å². The summed E-state index contributed by atoms with van der Waals surface area (Å²) in [6.07, 6.45) is 29.9. The molecule has 0 aliphatic heterocycles. The van der Waals surface area contributed by atoms with Gasteiger partial charge < -0.3 is 9.84 Å². The molecule has 0 aliphatic rings. The predicted molar refractivity (Wildman–Crippen MR) is 111 cm³/mol. The fourth-order valence-electron chi connectivity index (χ4n) is 2.33. The minimum Gasteiger partial charge on any atom is -0.512 e. The highest BCUT2D eigenvalue weighted by atomic mass is 16.5. The first-order valence-electron chi connectivity index (χ1n) is 9.98. The summed E-state index contributed by atoms with van der Waals surface area (Å²) in [5, 5.41) is 8.99. The zero-order valence-electron chi connectivity index (χ0n) is 16.3. The summed E-state index contributed by atoms with van der Waals surface area (Å²) < 4.78 is 5.33. The lowest BCUT2D eigenvalue weighted by atomic mass is 10.1. The van der Waals surface area contributed by atoms with Crippen molar-refractivity contribution in [3.63, 3.8) is 0 Å². The lowest BCUT2D eigenvalue weighted by Crippen LogP contribution is -1.90. The van der Waals surface area contributed by atoms with E-state index in [2.05, 4.69) is 19.1 Å². The highest BCUT2D eigenvalue weighted by molar-refractivity contribution is 5.19. The fraction of sp³-hybridized carbons (Fsp3) is 0.565. The van der Waals surface area contributed by atoms with Crippen molar-refractivity contribution in [3.8, 4) is 0 Å². The summed E-state index contributed by atoms with van der Waals surface area (Å²) in [4.78, 5) is 0. The van der Waals surface area contributed by atoms with Crippen LogP contribution in [0.2, 0.25) is 0 Å². The van der Waals surface area contributed by atoms with Gasteiger partial charge in [-0.3, -0.25) is 0 Å². The van der Waals surface area contributed by atoms with Gasteiger partial charge >= 0.3 is 0 Å². The molecule has 25 heavy (non-hydrogen) atoms. The lowest BCUT2D eigenvalue weighted by Gasteiger charge is -2.01. The van der Waals surface area contributed by atoms with Crippen LogP contribution in [0.25, 0.3) is 0 Å². The fourth-order valence-corrected chi connectivity index (χ4v) is 2.33. The smallest absolute Gasteiger partial charge is 0.153 e. The molecule has 2 nitrogen and oxygen atoms in total. The second-order valence-electron chi connectivity index (χ2n) is 6.20. The molecule has 0 aromatic carbocycles. The normalized spacial score (nSPS) is 13.1. The average Bonchev–Trinajstić information content (AvgIpc) is 2.63. The molecular weight excluding hydrogens is 308 g/mol. The number of rotatable bonds is 16. The number of aliphatic hydroxyl groups excluding tert-OH is 1. The van der Waals surface area contributed by atoms with Crippen LogP contribution in [0.4, 0.5) is 0 Å². The molecule has 0 radical (unpaired) electrons. The van der Waals surface area contributed by atoms with E-state index < -0.39 is 0 Å². The Labute approximate surface area is 155 Å². The van der Waals surface area contributed by atoms with Gasteiger partial charge in [0.05, 0.1) is 6.61 Å². The molecule has 0 aromatic heterocycles. The van der Waals surface area contributed by atoms with Crippen molar-refractivity contribution in [2.75, 3.05) is 6.61 Å². The zero-order chi connectivity index (χ0) is 18.4. The summed E-state index contributed by atoms with van der Waals surface area (Å²) in [5.41, 5.74) is 0. The minimum atomic E-state index is 0.487. The van der Waals surface area contributed by atoms with Crippen LogP contribution in [-0.2, 0) is 4.74 Å². The summed E-state index contributed by atoms with van der Waals surface area (Å²) in [5.74, 6) is 0.487. The van der Waals surface area contributed by atoms with Gasteiger partial charge in [0.1, 0.15) is 6.26 Å². The van der Waals surface area contributed by atoms with Gasteiger partial charge in [-0.25, -0.2) is 0 Å². The van der Waals surface area contributed by atoms with Gasteiger partial charge in [-0.15, -0.1) is 0 Å². The summed E-state index contributed by atoms with van der Waals surface area (Å²) in [6, 6.07) is 0. The van der Waals surface area contributed by atoms with E-state index >= 15 is 0 Å². The lowest BCUT2D eigenvalue weighted by molar-refractivity contribution is 0.213. The van der Waals surface area contributed by atoms with Crippen LogP contribution >= 0.6 is 0 Å². The molecule has 142 valence electrons. The van der Waals surface area contributed by atoms with Crippen molar-refractivity contribution in [2.45, 2.75) is 78.1 Å². The van der Waals surface area contributed by atoms with Crippen LogP contribution in [0.1, 0.15) is 78.1 Å². The van der Waals surface area contributed by atoms with E-state index in [4.69, 9.17) is 9.84 Å². The predicted octanol–water partition coefficient (Wildman–Crippen LogP) is 7.57. The van der Waals surface area contributed by atoms with E-state index in [-0.39, 0.29) is 0 Å². The Balaban J connectivity index is 3.61. The van der Waals surface area contributed by atoms with E-state index in [1.807, 2.05) is 37.3 Å². The average molecular weight is 347 g/mol. The van der Waals surface area contributed by atoms with Gasteiger partial charge in [-0.2, -0.15) is 0 Å². The third-order valence-corrected chi connectivity index (χ3v) is 3.78. The second-order valence-corrected chi connectivity index (χ2v) is 6.20. The van der Waals surface area contributed by atoms with Gasteiger partial charge in [-0.05, 0) is 25.3 Å². The molecule has 1 N–H and O–H groups in total. The van der Waals surface area contributed by atoms with Crippen molar-refractivity contribution >= 4 is 0 Å². The number of ether oxygens (including phenoxy) is 1. The van der Waals surface area contributed by atoms with Crippen LogP contribution in [0, 0.1) is 0 Å². The van der Waals surface area contributed by atoms with Gasteiger partial charge in [0.15, 0.2) is 5.76 Å². The van der Waals surface area contributed by atoms with Gasteiger partial charge in [0, 0.05) is 0 Å². The molecular formula is C23H38O2. The molecule has 0 aromatic rings. The van der Waals surface area contributed by atoms with Gasteiger partial charge in [0.2, 0.25) is 0 Å². The Bertz CT molecular complexity index is 414. The Hall–Kier alpha value is -1.70. The van der Waals surface area contributed by atoms with Crippen LogP contribution < -0.4 is 0 Å². The number of hydrogen-bond acceptors (Lipinski definition) is 2. The largest absolute Gasteiger partial charge is 0.512 e. The molecule has 0 spiro atoms. The van der Waals surface area contributed by atoms with Crippen molar-refractivity contribution in [3.05, 3.63) is 60.6 Å². The third kappa shape index (κ3) is 18.5. The van der Waals surface area contributed by atoms with Crippen LogP contribution in [0.15, 0.2) is 60.6 Å². The molecule has 0 saturated carbocycles. The minimum absolute atomic E-state index is 0.487. The highest BCUT2D eigenvalue weighted by Crippen LogP contribution is 2.09. The third-order valence-electron chi connectivity index (χ3n) is 3.78. The number of unbranched alkanes of at least 4 members (excludes halogenated alkanes) is 8. The zero-order valence-corrected chi connectivity index (χ0v) is 16.3. The van der Waals surface area contributed by atoms with Gasteiger partial charge in [0.25, 0.3) is 0 Å². The molecule has 0 rings (SSSR count). The SMILES string of the molecule is CCCCCCCCCC/C=C/C=C/C=C/C=C/C(=C\O)OCCC. The van der Waals surface area contributed by atoms with E-state index in [0.717, 1.165) is 12.7 Å². The summed E-state index contributed by atoms with van der Waals surface area (Å²) in [7, 11) is 0. The van der Waals surface area contributed by atoms with E-state index in [9.17, 15) is 0 Å². The maximum atomic E-state index is 8.99. The van der Waals surface area contributed by atoms with E-state index in [0.29, 0.717) is 12.4 Å². The molecule has 0 amide bonds. The molecule has 0 heterocycles.